The minimum atomic E-state index is -1.08. The summed E-state index contributed by atoms with van der Waals surface area (Å²) in [5.41, 5.74) is 2.81. The van der Waals surface area contributed by atoms with Crippen molar-refractivity contribution in [2.24, 2.45) is 5.41 Å². The third-order valence-electron chi connectivity index (χ3n) is 5.20. The second-order valence-electron chi connectivity index (χ2n) is 7.79. The average molecular weight is 337 g/mol. The van der Waals surface area contributed by atoms with E-state index in [1.165, 1.54) is 11.1 Å². The monoisotopic (exact) mass is 336 g/mol. The Morgan fingerprint density at radius 3 is 2.61 bits per heavy atom. The van der Waals surface area contributed by atoms with Gasteiger partial charge in [-0.25, -0.2) is 8.93 Å². The topological polar surface area (TPSA) is 50.4 Å². The lowest BCUT2D eigenvalue weighted by Gasteiger charge is -2.40. The maximum absolute atomic E-state index is 12.8. The van der Waals surface area contributed by atoms with E-state index in [1.807, 2.05) is 26.8 Å². The molecule has 2 aliphatic rings. The molecule has 0 aromatic heterocycles. The van der Waals surface area contributed by atoms with Crippen LogP contribution in [0.1, 0.15) is 50.8 Å². The highest BCUT2D eigenvalue weighted by molar-refractivity contribution is 7.84. The molecule has 128 valence electrons. The molecule has 5 heteroatoms. The molecule has 1 spiro atoms. The molecule has 0 unspecified atom stereocenters. The van der Waals surface area contributed by atoms with Gasteiger partial charge in [-0.3, -0.25) is 0 Å². The van der Waals surface area contributed by atoms with Gasteiger partial charge in [-0.05, 0) is 81.8 Å². The van der Waals surface area contributed by atoms with Crippen LogP contribution in [-0.2, 0) is 17.4 Å². The molecule has 1 fully saturated rings. The SMILES string of the molecule is COc1ccc2c(c1)[C@@H](N[S@@](=O)C(C)(C)C)C1(CCNCC1)C2. The second-order valence-corrected chi connectivity index (χ2v) is 9.78. The zero-order valence-electron chi connectivity index (χ0n) is 14.6. The van der Waals surface area contributed by atoms with Gasteiger partial charge in [0.15, 0.2) is 0 Å². The first kappa shape index (κ1) is 16.9. The number of ether oxygens (including phenoxy) is 1. The maximum atomic E-state index is 12.8. The third-order valence-corrected chi connectivity index (χ3v) is 6.76. The van der Waals surface area contributed by atoms with Crippen LogP contribution < -0.4 is 14.8 Å². The molecule has 0 radical (unpaired) electrons. The van der Waals surface area contributed by atoms with Crippen molar-refractivity contribution in [1.82, 2.24) is 10.0 Å². The standard InChI is InChI=1S/C18H28N2O2S/c1-17(2,3)23(21)20-16-15-11-14(22-4)6-5-13(15)12-18(16)7-9-19-10-8-18/h5-6,11,16,19-20H,7-10,12H2,1-4H3/t16-,23+/m1/s1. The Kier molecular flexibility index (Phi) is 4.55. The summed E-state index contributed by atoms with van der Waals surface area (Å²) in [6.45, 7) is 8.13. The molecule has 1 saturated heterocycles. The lowest BCUT2D eigenvalue weighted by molar-refractivity contribution is 0.164. The number of benzene rings is 1. The van der Waals surface area contributed by atoms with Crippen LogP contribution in [0.2, 0.25) is 0 Å². The molecule has 1 heterocycles. The lowest BCUT2D eigenvalue weighted by atomic mass is 9.73. The van der Waals surface area contributed by atoms with E-state index in [2.05, 4.69) is 22.2 Å². The predicted molar refractivity (Wildman–Crippen MR) is 95.0 cm³/mol. The van der Waals surface area contributed by atoms with Gasteiger partial charge in [-0.1, -0.05) is 6.07 Å². The van der Waals surface area contributed by atoms with E-state index in [9.17, 15) is 4.21 Å². The molecule has 1 aromatic rings. The van der Waals surface area contributed by atoms with Gasteiger partial charge in [0.25, 0.3) is 0 Å². The van der Waals surface area contributed by atoms with E-state index in [1.54, 1.807) is 7.11 Å². The number of hydrogen-bond donors (Lipinski definition) is 2. The van der Waals surface area contributed by atoms with E-state index in [0.29, 0.717) is 0 Å². The number of rotatable bonds is 3. The summed E-state index contributed by atoms with van der Waals surface area (Å²) in [6.07, 6.45) is 3.29. The fraction of sp³-hybridized carbons (Fsp3) is 0.667. The molecule has 2 atom stereocenters. The van der Waals surface area contributed by atoms with Gasteiger partial charge in [0.2, 0.25) is 0 Å². The molecule has 1 aliphatic carbocycles. The molecule has 0 saturated carbocycles. The fourth-order valence-corrected chi connectivity index (χ4v) is 4.75. The van der Waals surface area contributed by atoms with Crippen LogP contribution >= 0.6 is 0 Å². The van der Waals surface area contributed by atoms with Gasteiger partial charge < -0.3 is 10.1 Å². The zero-order chi connectivity index (χ0) is 16.7. The minimum Gasteiger partial charge on any atom is -0.497 e. The molecular formula is C18H28N2O2S. The van der Waals surface area contributed by atoms with Crippen molar-refractivity contribution >= 4 is 11.0 Å². The lowest BCUT2D eigenvalue weighted by Crippen LogP contribution is -2.46. The van der Waals surface area contributed by atoms with Crippen molar-refractivity contribution in [3.63, 3.8) is 0 Å². The summed E-state index contributed by atoms with van der Waals surface area (Å²) in [7, 11) is 0.619. The third kappa shape index (κ3) is 3.19. The van der Waals surface area contributed by atoms with E-state index in [0.717, 1.165) is 38.1 Å². The van der Waals surface area contributed by atoms with Crippen LogP contribution in [0.5, 0.6) is 5.75 Å². The minimum absolute atomic E-state index is 0.134. The summed E-state index contributed by atoms with van der Waals surface area (Å²) < 4.78 is 21.4. The first-order valence-electron chi connectivity index (χ1n) is 8.41. The molecular weight excluding hydrogens is 308 g/mol. The molecule has 1 aromatic carbocycles. The van der Waals surface area contributed by atoms with E-state index in [4.69, 9.17) is 4.74 Å². The highest BCUT2D eigenvalue weighted by Gasteiger charge is 2.47. The quantitative estimate of drug-likeness (QED) is 0.892. The molecule has 23 heavy (non-hydrogen) atoms. The smallest absolute Gasteiger partial charge is 0.119 e. The van der Waals surface area contributed by atoms with E-state index < -0.39 is 11.0 Å². The fourth-order valence-electron chi connectivity index (χ4n) is 3.80. The van der Waals surface area contributed by atoms with Crippen LogP contribution in [0.3, 0.4) is 0 Å². The average Bonchev–Trinajstić information content (AvgIpc) is 2.79. The Labute approximate surface area is 142 Å². The number of piperidine rings is 1. The van der Waals surface area contributed by atoms with Crippen molar-refractivity contribution in [3.8, 4) is 5.75 Å². The van der Waals surface area contributed by atoms with Crippen molar-refractivity contribution in [2.75, 3.05) is 20.2 Å². The van der Waals surface area contributed by atoms with Crippen molar-refractivity contribution in [3.05, 3.63) is 29.3 Å². The van der Waals surface area contributed by atoms with Crippen LogP contribution in [0.4, 0.5) is 0 Å². The second kappa shape index (κ2) is 6.19. The van der Waals surface area contributed by atoms with Crippen LogP contribution in [0, 0.1) is 5.41 Å². The van der Waals surface area contributed by atoms with Crippen LogP contribution in [-0.4, -0.2) is 29.2 Å². The molecule has 0 bridgehead atoms. The predicted octanol–water partition coefficient (Wildman–Crippen LogP) is 2.71. The molecule has 4 nitrogen and oxygen atoms in total. The molecule has 3 rings (SSSR count). The maximum Gasteiger partial charge on any atom is 0.119 e. The number of nitrogens with one attached hydrogen (secondary N) is 2. The van der Waals surface area contributed by atoms with Crippen molar-refractivity contribution in [1.29, 1.82) is 0 Å². The van der Waals surface area contributed by atoms with Gasteiger partial charge in [0.1, 0.15) is 5.75 Å². The number of methoxy groups -OCH3 is 1. The number of fused-ring (bicyclic) bond motifs is 1. The Morgan fingerprint density at radius 2 is 2.00 bits per heavy atom. The Balaban J connectivity index is 1.98. The highest BCUT2D eigenvalue weighted by atomic mass is 32.2. The van der Waals surface area contributed by atoms with Crippen LogP contribution in [0.15, 0.2) is 18.2 Å². The Bertz CT molecular complexity index is 604. The first-order chi connectivity index (χ1) is 10.9. The molecule has 2 N–H and O–H groups in total. The van der Waals surface area contributed by atoms with Gasteiger partial charge in [0, 0.05) is 0 Å². The van der Waals surface area contributed by atoms with E-state index >= 15 is 0 Å². The van der Waals surface area contributed by atoms with Gasteiger partial charge >= 0.3 is 0 Å². The summed E-state index contributed by atoms with van der Waals surface area (Å²) in [5.74, 6) is 0.878. The molecule has 0 amide bonds. The summed E-state index contributed by atoms with van der Waals surface area (Å²) in [4.78, 5) is 0. The normalized spacial score (nSPS) is 24.4. The largest absolute Gasteiger partial charge is 0.497 e. The summed E-state index contributed by atoms with van der Waals surface area (Å²) in [5, 5.41) is 3.46. The van der Waals surface area contributed by atoms with Gasteiger partial charge in [-0.2, -0.15) is 0 Å². The zero-order valence-corrected chi connectivity index (χ0v) is 15.4. The summed E-state index contributed by atoms with van der Waals surface area (Å²) >= 11 is 0. The van der Waals surface area contributed by atoms with Crippen LogP contribution in [0.25, 0.3) is 0 Å². The van der Waals surface area contributed by atoms with Gasteiger partial charge in [0.05, 0.1) is 28.9 Å². The highest BCUT2D eigenvalue weighted by Crippen LogP contribution is 2.52. The van der Waals surface area contributed by atoms with Gasteiger partial charge in [-0.15, -0.1) is 0 Å². The van der Waals surface area contributed by atoms with Crippen molar-refractivity contribution < 1.29 is 8.95 Å². The summed E-state index contributed by atoms with van der Waals surface area (Å²) in [6, 6.07) is 6.48. The molecule has 1 aliphatic heterocycles. The Hall–Kier alpha value is -0.910. The Morgan fingerprint density at radius 1 is 1.30 bits per heavy atom. The van der Waals surface area contributed by atoms with E-state index in [-0.39, 0.29) is 16.2 Å². The number of hydrogen-bond acceptors (Lipinski definition) is 3. The van der Waals surface area contributed by atoms with Crippen molar-refractivity contribution in [2.45, 2.75) is 50.8 Å². The first-order valence-corrected chi connectivity index (χ1v) is 9.56.